The van der Waals surface area contributed by atoms with Gasteiger partial charge in [0, 0.05) is 29.4 Å². The van der Waals surface area contributed by atoms with Crippen molar-refractivity contribution >= 4 is 28.8 Å². The maximum absolute atomic E-state index is 11.9. The van der Waals surface area contributed by atoms with Crippen molar-refractivity contribution in [2.45, 2.75) is 18.9 Å². The first kappa shape index (κ1) is 13.5. The van der Waals surface area contributed by atoms with E-state index in [9.17, 15) is 9.59 Å². The van der Waals surface area contributed by atoms with Crippen molar-refractivity contribution in [3.8, 4) is 0 Å². The number of aromatic nitrogens is 1. The fourth-order valence-electron chi connectivity index (χ4n) is 2.92. The molecule has 1 atom stereocenters. The molecule has 3 rings (SSSR count). The van der Waals surface area contributed by atoms with Crippen LogP contribution in [0, 0.1) is 0 Å². The molecule has 1 unspecified atom stereocenters. The standard InChI is InChI=1S/C16H16N2O3/c1-21-16(20)14-5-3-7-18(14)13-8-11-4-2-6-17-15(11)12(9-13)10-19/h2,4,6,8-10,14H,3,5,7H2,1H3. The summed E-state index contributed by atoms with van der Waals surface area (Å²) in [4.78, 5) is 29.4. The zero-order chi connectivity index (χ0) is 14.8. The summed E-state index contributed by atoms with van der Waals surface area (Å²) in [6.07, 6.45) is 4.18. The van der Waals surface area contributed by atoms with E-state index >= 15 is 0 Å². The smallest absolute Gasteiger partial charge is 0.328 e. The Kier molecular flexibility index (Phi) is 3.56. The summed E-state index contributed by atoms with van der Waals surface area (Å²) in [5.74, 6) is -0.230. The number of pyridine rings is 1. The molecule has 0 aliphatic carbocycles. The molecule has 0 bridgehead atoms. The van der Waals surface area contributed by atoms with Crippen molar-refractivity contribution in [3.05, 3.63) is 36.0 Å². The third kappa shape index (κ3) is 2.35. The largest absolute Gasteiger partial charge is 0.467 e. The van der Waals surface area contributed by atoms with E-state index in [0.717, 1.165) is 36.7 Å². The lowest BCUT2D eigenvalue weighted by atomic mass is 10.1. The number of ether oxygens (including phenoxy) is 1. The monoisotopic (exact) mass is 284 g/mol. The second-order valence-corrected chi connectivity index (χ2v) is 5.10. The number of aldehydes is 1. The van der Waals surface area contributed by atoms with Gasteiger partial charge < -0.3 is 9.64 Å². The van der Waals surface area contributed by atoms with Gasteiger partial charge in [-0.1, -0.05) is 6.07 Å². The first-order chi connectivity index (χ1) is 10.2. The van der Waals surface area contributed by atoms with Crippen LogP contribution >= 0.6 is 0 Å². The minimum atomic E-state index is -0.274. The first-order valence-corrected chi connectivity index (χ1v) is 6.93. The summed E-state index contributed by atoms with van der Waals surface area (Å²) in [7, 11) is 1.40. The number of carbonyl (C=O) groups is 2. The lowest BCUT2D eigenvalue weighted by Crippen LogP contribution is -2.36. The van der Waals surface area contributed by atoms with Crippen LogP contribution in [-0.2, 0) is 9.53 Å². The molecule has 2 heterocycles. The van der Waals surface area contributed by atoms with Gasteiger partial charge in [-0.25, -0.2) is 4.79 Å². The Bertz CT molecular complexity index is 699. The normalized spacial score (nSPS) is 18.0. The van der Waals surface area contributed by atoms with Gasteiger partial charge in [0.15, 0.2) is 6.29 Å². The second kappa shape index (κ2) is 5.52. The highest BCUT2D eigenvalue weighted by molar-refractivity contribution is 5.98. The topological polar surface area (TPSA) is 59.5 Å². The zero-order valence-corrected chi connectivity index (χ0v) is 11.8. The van der Waals surface area contributed by atoms with Crippen molar-refractivity contribution in [1.82, 2.24) is 4.98 Å². The van der Waals surface area contributed by atoms with Gasteiger partial charge in [0.2, 0.25) is 0 Å². The molecule has 1 aromatic heterocycles. The van der Waals surface area contributed by atoms with Gasteiger partial charge in [-0.15, -0.1) is 0 Å². The van der Waals surface area contributed by atoms with Gasteiger partial charge in [0.1, 0.15) is 6.04 Å². The first-order valence-electron chi connectivity index (χ1n) is 6.93. The Morgan fingerprint density at radius 1 is 1.48 bits per heavy atom. The molecular formula is C16H16N2O3. The van der Waals surface area contributed by atoms with E-state index in [2.05, 4.69) is 4.98 Å². The fourth-order valence-corrected chi connectivity index (χ4v) is 2.92. The van der Waals surface area contributed by atoms with Crippen LogP contribution < -0.4 is 4.90 Å². The molecule has 0 N–H and O–H groups in total. The van der Waals surface area contributed by atoms with Gasteiger partial charge in [-0.3, -0.25) is 9.78 Å². The van der Waals surface area contributed by atoms with E-state index < -0.39 is 0 Å². The summed E-state index contributed by atoms with van der Waals surface area (Å²) in [5, 5.41) is 0.896. The molecule has 5 nitrogen and oxygen atoms in total. The van der Waals surface area contributed by atoms with E-state index in [0.29, 0.717) is 11.1 Å². The molecule has 0 spiro atoms. The average Bonchev–Trinajstić information content (AvgIpc) is 3.02. The average molecular weight is 284 g/mol. The highest BCUT2D eigenvalue weighted by Gasteiger charge is 2.32. The van der Waals surface area contributed by atoms with E-state index in [1.54, 1.807) is 12.3 Å². The molecule has 0 amide bonds. The van der Waals surface area contributed by atoms with Crippen LogP contribution in [-0.4, -0.2) is 36.9 Å². The van der Waals surface area contributed by atoms with Crippen molar-refractivity contribution in [1.29, 1.82) is 0 Å². The SMILES string of the molecule is COC(=O)C1CCCN1c1cc(C=O)c2ncccc2c1. The molecule has 5 heteroatoms. The molecule has 1 aliphatic rings. The minimum Gasteiger partial charge on any atom is -0.467 e. The van der Waals surface area contributed by atoms with Crippen LogP contribution in [0.5, 0.6) is 0 Å². The summed E-state index contributed by atoms with van der Waals surface area (Å²) in [5.41, 5.74) is 2.09. The molecule has 0 radical (unpaired) electrons. The van der Waals surface area contributed by atoms with E-state index in [1.807, 2.05) is 23.1 Å². The van der Waals surface area contributed by atoms with Crippen LogP contribution in [0.15, 0.2) is 30.5 Å². The Balaban J connectivity index is 2.08. The Morgan fingerprint density at radius 3 is 3.10 bits per heavy atom. The number of rotatable bonds is 3. The molecule has 2 aromatic rings. The van der Waals surface area contributed by atoms with Gasteiger partial charge >= 0.3 is 5.97 Å². The summed E-state index contributed by atoms with van der Waals surface area (Å²) >= 11 is 0. The molecule has 1 aromatic carbocycles. The van der Waals surface area contributed by atoms with Gasteiger partial charge in [-0.05, 0) is 31.0 Å². The van der Waals surface area contributed by atoms with Crippen LogP contribution in [0.3, 0.4) is 0 Å². The predicted molar refractivity (Wildman–Crippen MR) is 79.5 cm³/mol. The predicted octanol–water partition coefficient (Wildman–Crippen LogP) is 2.19. The highest BCUT2D eigenvalue weighted by atomic mass is 16.5. The summed E-state index contributed by atoms with van der Waals surface area (Å²) in [6.45, 7) is 0.782. The Morgan fingerprint density at radius 2 is 2.33 bits per heavy atom. The highest BCUT2D eigenvalue weighted by Crippen LogP contribution is 2.30. The number of benzene rings is 1. The second-order valence-electron chi connectivity index (χ2n) is 5.10. The van der Waals surface area contributed by atoms with Crippen LogP contribution in [0.25, 0.3) is 10.9 Å². The van der Waals surface area contributed by atoms with E-state index in [4.69, 9.17) is 4.74 Å². The van der Waals surface area contributed by atoms with Crippen LogP contribution in [0.1, 0.15) is 23.2 Å². The Hall–Kier alpha value is -2.43. The van der Waals surface area contributed by atoms with Gasteiger partial charge in [-0.2, -0.15) is 0 Å². The number of methoxy groups -OCH3 is 1. The van der Waals surface area contributed by atoms with E-state index in [1.165, 1.54) is 7.11 Å². The lowest BCUT2D eigenvalue weighted by molar-refractivity contribution is -0.141. The van der Waals surface area contributed by atoms with Crippen molar-refractivity contribution in [2.75, 3.05) is 18.6 Å². The van der Waals surface area contributed by atoms with E-state index in [-0.39, 0.29) is 12.0 Å². The number of nitrogens with zero attached hydrogens (tertiary/aromatic N) is 2. The van der Waals surface area contributed by atoms with Gasteiger partial charge in [0.25, 0.3) is 0 Å². The van der Waals surface area contributed by atoms with Crippen LogP contribution in [0.2, 0.25) is 0 Å². The van der Waals surface area contributed by atoms with Gasteiger partial charge in [0.05, 0.1) is 12.6 Å². The summed E-state index contributed by atoms with van der Waals surface area (Å²) < 4.78 is 4.87. The third-order valence-corrected chi connectivity index (χ3v) is 3.90. The molecule has 0 saturated carbocycles. The molecule has 1 aliphatic heterocycles. The minimum absolute atomic E-state index is 0.230. The number of anilines is 1. The number of carbonyl (C=O) groups excluding carboxylic acids is 2. The zero-order valence-electron chi connectivity index (χ0n) is 11.8. The molecule has 21 heavy (non-hydrogen) atoms. The quantitative estimate of drug-likeness (QED) is 0.638. The molecule has 1 saturated heterocycles. The number of hydrogen-bond acceptors (Lipinski definition) is 5. The number of fused-ring (bicyclic) bond motifs is 1. The van der Waals surface area contributed by atoms with Crippen molar-refractivity contribution in [2.24, 2.45) is 0 Å². The number of esters is 1. The van der Waals surface area contributed by atoms with Crippen molar-refractivity contribution < 1.29 is 14.3 Å². The maximum atomic E-state index is 11.9. The van der Waals surface area contributed by atoms with Crippen molar-refractivity contribution in [3.63, 3.8) is 0 Å². The molecule has 108 valence electrons. The lowest BCUT2D eigenvalue weighted by Gasteiger charge is -2.25. The fraction of sp³-hybridized carbons (Fsp3) is 0.312. The van der Waals surface area contributed by atoms with Crippen LogP contribution in [0.4, 0.5) is 5.69 Å². The maximum Gasteiger partial charge on any atom is 0.328 e. The number of hydrogen-bond donors (Lipinski definition) is 0. The Labute approximate surface area is 122 Å². The molecule has 1 fully saturated rings. The third-order valence-electron chi connectivity index (χ3n) is 3.90. The summed E-state index contributed by atoms with van der Waals surface area (Å²) in [6, 6.07) is 7.24. The molecular weight excluding hydrogens is 268 g/mol.